The minimum absolute atomic E-state index is 0.0356. The topological polar surface area (TPSA) is 18.5 Å². The van der Waals surface area contributed by atoms with Gasteiger partial charge in [0, 0.05) is 13.0 Å². The van der Waals surface area contributed by atoms with E-state index in [-0.39, 0.29) is 6.10 Å². The first-order chi connectivity index (χ1) is 7.91. The Balaban J connectivity index is 4.39. The first-order valence-corrected chi connectivity index (χ1v) is 9.53. The van der Waals surface area contributed by atoms with Crippen LogP contribution in [0.2, 0.25) is 13.1 Å². The molecule has 0 heterocycles. The van der Waals surface area contributed by atoms with Crippen molar-refractivity contribution in [3.05, 3.63) is 0 Å². The highest BCUT2D eigenvalue weighted by Crippen LogP contribution is 2.15. The smallest absolute Gasteiger partial charge is 0.332 e. The van der Waals surface area contributed by atoms with Gasteiger partial charge in [-0.15, -0.1) is 5.92 Å². The summed E-state index contributed by atoms with van der Waals surface area (Å²) < 4.78 is 11.9. The Morgan fingerprint density at radius 3 is 2.29 bits per heavy atom. The zero-order valence-corrected chi connectivity index (χ0v) is 13.3. The van der Waals surface area contributed by atoms with Crippen LogP contribution in [0.5, 0.6) is 0 Å². The largest absolute Gasteiger partial charge is 0.394 e. The molecule has 0 rings (SSSR count). The summed E-state index contributed by atoms with van der Waals surface area (Å²) in [6.45, 7) is 13.6. The van der Waals surface area contributed by atoms with Gasteiger partial charge in [0.15, 0.2) is 0 Å². The van der Waals surface area contributed by atoms with Crippen LogP contribution in [0.4, 0.5) is 0 Å². The highest BCUT2D eigenvalue weighted by molar-refractivity contribution is 6.64. The molecule has 0 bridgehead atoms. The van der Waals surface area contributed by atoms with E-state index in [1.807, 2.05) is 0 Å². The van der Waals surface area contributed by atoms with E-state index in [0.717, 1.165) is 25.9 Å². The summed E-state index contributed by atoms with van der Waals surface area (Å²) in [6, 6.07) is 0. The van der Waals surface area contributed by atoms with Gasteiger partial charge in [0.05, 0.1) is 0 Å². The highest BCUT2D eigenvalue weighted by atomic mass is 28.4. The third-order valence-corrected chi connectivity index (χ3v) is 3.96. The third-order valence-electron chi connectivity index (χ3n) is 2.21. The first kappa shape index (κ1) is 16.7. The van der Waals surface area contributed by atoms with Crippen molar-refractivity contribution >= 4 is 8.56 Å². The Morgan fingerprint density at radius 2 is 1.82 bits per heavy atom. The average Bonchev–Trinajstić information content (AvgIpc) is 2.22. The van der Waals surface area contributed by atoms with Crippen LogP contribution in [0.25, 0.3) is 0 Å². The molecule has 0 fully saturated rings. The Hall–Kier alpha value is -0.303. The van der Waals surface area contributed by atoms with Gasteiger partial charge in [-0.05, 0) is 31.9 Å². The molecule has 3 heteroatoms. The van der Waals surface area contributed by atoms with Crippen LogP contribution in [0.15, 0.2) is 0 Å². The second-order valence-corrected chi connectivity index (χ2v) is 8.48. The van der Waals surface area contributed by atoms with Gasteiger partial charge in [-0.1, -0.05) is 33.6 Å². The minimum atomic E-state index is -2.01. The SMILES string of the molecule is CCC#CC(CC(C)C)O[Si](C)(C)OCCC. The van der Waals surface area contributed by atoms with Crippen LogP contribution in [0, 0.1) is 17.8 Å². The summed E-state index contributed by atoms with van der Waals surface area (Å²) in [5.74, 6) is 6.94. The molecular formula is C14H28O2Si. The molecule has 0 N–H and O–H groups in total. The molecule has 2 nitrogen and oxygen atoms in total. The third kappa shape index (κ3) is 9.40. The van der Waals surface area contributed by atoms with Crippen molar-refractivity contribution in [2.75, 3.05) is 6.61 Å². The van der Waals surface area contributed by atoms with Gasteiger partial charge in [-0.3, -0.25) is 0 Å². The molecule has 0 spiro atoms. The van der Waals surface area contributed by atoms with Gasteiger partial charge in [0.2, 0.25) is 0 Å². The lowest BCUT2D eigenvalue weighted by molar-refractivity contribution is 0.138. The van der Waals surface area contributed by atoms with Gasteiger partial charge >= 0.3 is 8.56 Å². The molecule has 0 aromatic rings. The molecule has 0 saturated heterocycles. The Morgan fingerprint density at radius 1 is 1.18 bits per heavy atom. The van der Waals surface area contributed by atoms with Crippen LogP contribution in [0.3, 0.4) is 0 Å². The minimum Gasteiger partial charge on any atom is -0.394 e. The van der Waals surface area contributed by atoms with Gasteiger partial charge in [0.1, 0.15) is 6.10 Å². The molecule has 0 aliphatic carbocycles. The van der Waals surface area contributed by atoms with Gasteiger partial charge in [-0.2, -0.15) is 0 Å². The lowest BCUT2D eigenvalue weighted by Crippen LogP contribution is -2.39. The second-order valence-electron chi connectivity index (χ2n) is 5.16. The molecule has 0 amide bonds. The van der Waals surface area contributed by atoms with E-state index >= 15 is 0 Å². The Labute approximate surface area is 108 Å². The second kappa shape index (κ2) is 8.74. The normalized spacial score (nSPS) is 13.4. The fraction of sp³-hybridized carbons (Fsp3) is 0.857. The highest BCUT2D eigenvalue weighted by Gasteiger charge is 2.28. The maximum Gasteiger partial charge on any atom is 0.332 e. The molecule has 0 radical (unpaired) electrons. The molecule has 100 valence electrons. The quantitative estimate of drug-likeness (QED) is 0.507. The van der Waals surface area contributed by atoms with Crippen LogP contribution in [0.1, 0.15) is 47.0 Å². The average molecular weight is 256 g/mol. The molecule has 0 aliphatic rings. The van der Waals surface area contributed by atoms with Crippen LogP contribution in [-0.2, 0) is 8.85 Å². The number of hydrogen-bond acceptors (Lipinski definition) is 2. The van der Waals surface area contributed by atoms with Crippen molar-refractivity contribution in [1.29, 1.82) is 0 Å². The van der Waals surface area contributed by atoms with Crippen molar-refractivity contribution in [2.24, 2.45) is 5.92 Å². The monoisotopic (exact) mass is 256 g/mol. The van der Waals surface area contributed by atoms with Gasteiger partial charge in [0.25, 0.3) is 0 Å². The Kier molecular flexibility index (Phi) is 8.58. The molecule has 0 aromatic heterocycles. The summed E-state index contributed by atoms with van der Waals surface area (Å²) in [6.07, 6.45) is 2.94. The molecule has 17 heavy (non-hydrogen) atoms. The standard InChI is InChI=1S/C14H28O2Si/c1-7-9-10-14(12-13(3)4)16-17(5,6)15-11-8-2/h13-14H,7-8,11-12H2,1-6H3. The van der Waals surface area contributed by atoms with E-state index in [1.54, 1.807) is 0 Å². The van der Waals surface area contributed by atoms with Gasteiger partial charge < -0.3 is 8.85 Å². The van der Waals surface area contributed by atoms with Crippen LogP contribution in [-0.4, -0.2) is 21.3 Å². The fourth-order valence-corrected chi connectivity index (χ4v) is 3.11. The summed E-state index contributed by atoms with van der Waals surface area (Å²) >= 11 is 0. The lowest BCUT2D eigenvalue weighted by Gasteiger charge is -2.27. The molecule has 0 aromatic carbocycles. The molecule has 1 unspecified atom stereocenters. The van der Waals surface area contributed by atoms with Gasteiger partial charge in [-0.25, -0.2) is 0 Å². The maximum absolute atomic E-state index is 6.10. The van der Waals surface area contributed by atoms with E-state index < -0.39 is 8.56 Å². The van der Waals surface area contributed by atoms with Crippen LogP contribution >= 0.6 is 0 Å². The van der Waals surface area contributed by atoms with Crippen molar-refractivity contribution in [3.8, 4) is 11.8 Å². The zero-order valence-electron chi connectivity index (χ0n) is 12.3. The summed E-state index contributed by atoms with van der Waals surface area (Å²) in [5, 5.41) is 0. The fourth-order valence-electron chi connectivity index (χ4n) is 1.51. The predicted octanol–water partition coefficient (Wildman–Crippen LogP) is 3.96. The van der Waals surface area contributed by atoms with Crippen molar-refractivity contribution in [3.63, 3.8) is 0 Å². The lowest BCUT2D eigenvalue weighted by atomic mass is 10.1. The van der Waals surface area contributed by atoms with Crippen molar-refractivity contribution in [1.82, 2.24) is 0 Å². The molecule has 0 saturated carbocycles. The summed E-state index contributed by atoms with van der Waals surface area (Å²) in [4.78, 5) is 0. The number of hydrogen-bond donors (Lipinski definition) is 0. The van der Waals surface area contributed by atoms with E-state index in [4.69, 9.17) is 8.85 Å². The Bertz CT molecular complexity index is 251. The van der Waals surface area contributed by atoms with Crippen molar-refractivity contribution < 1.29 is 8.85 Å². The van der Waals surface area contributed by atoms with E-state index in [0.29, 0.717) is 5.92 Å². The summed E-state index contributed by atoms with van der Waals surface area (Å²) in [7, 11) is -2.01. The molecule has 1 atom stereocenters. The van der Waals surface area contributed by atoms with Crippen LogP contribution < -0.4 is 0 Å². The van der Waals surface area contributed by atoms with Crippen molar-refractivity contribution in [2.45, 2.75) is 66.2 Å². The van der Waals surface area contributed by atoms with E-state index in [1.165, 1.54) is 0 Å². The van der Waals surface area contributed by atoms with E-state index in [2.05, 4.69) is 52.6 Å². The zero-order chi connectivity index (χ0) is 13.3. The first-order valence-electron chi connectivity index (χ1n) is 6.71. The molecule has 0 aliphatic heterocycles. The molecular weight excluding hydrogens is 228 g/mol. The predicted molar refractivity (Wildman–Crippen MR) is 76.1 cm³/mol. The number of rotatable bonds is 7. The van der Waals surface area contributed by atoms with E-state index in [9.17, 15) is 0 Å². The summed E-state index contributed by atoms with van der Waals surface area (Å²) in [5.41, 5.74) is 0. The maximum atomic E-state index is 6.10.